The first-order chi connectivity index (χ1) is 12.1. The van der Waals surface area contributed by atoms with E-state index in [1.807, 2.05) is 43.3 Å². The molecule has 1 N–H and O–H groups in total. The second kappa shape index (κ2) is 6.50. The molecule has 0 saturated carbocycles. The predicted molar refractivity (Wildman–Crippen MR) is 101 cm³/mol. The summed E-state index contributed by atoms with van der Waals surface area (Å²) in [5, 5.41) is 2.90. The van der Waals surface area contributed by atoms with Crippen LogP contribution in [0, 0.1) is 6.92 Å². The van der Waals surface area contributed by atoms with Crippen molar-refractivity contribution in [2.75, 3.05) is 12.1 Å². The maximum absolute atomic E-state index is 12.3. The second-order valence-electron chi connectivity index (χ2n) is 5.55. The summed E-state index contributed by atoms with van der Waals surface area (Å²) in [6.45, 7) is 2.12. The molecular formula is C18H13BrN2O3S. The van der Waals surface area contributed by atoms with Crippen LogP contribution >= 0.6 is 27.5 Å². The summed E-state index contributed by atoms with van der Waals surface area (Å²) >= 11 is 4.76. The molecule has 1 aliphatic rings. The van der Waals surface area contributed by atoms with Crippen molar-refractivity contribution in [3.8, 4) is 22.6 Å². The molecular weight excluding hydrogens is 404 g/mol. The average molecular weight is 417 g/mol. The van der Waals surface area contributed by atoms with Gasteiger partial charge in [0, 0.05) is 16.4 Å². The minimum atomic E-state index is -0.142. The van der Waals surface area contributed by atoms with Crippen LogP contribution in [0.1, 0.15) is 15.2 Å². The molecule has 126 valence electrons. The molecule has 0 saturated heterocycles. The number of anilines is 1. The number of carbonyl (C=O) groups excluding carboxylic acids is 1. The van der Waals surface area contributed by atoms with Crippen LogP contribution in [0.25, 0.3) is 11.1 Å². The number of nitrogens with one attached hydrogen (secondary N) is 1. The SMILES string of the molecule is Cc1cnsc1C(=O)Nc1ccc(-c2cc3c(cc2Br)OCO3)cc1. The third-order valence-electron chi connectivity index (χ3n) is 3.87. The van der Waals surface area contributed by atoms with Crippen LogP contribution in [-0.2, 0) is 0 Å². The monoisotopic (exact) mass is 416 g/mol. The summed E-state index contributed by atoms with van der Waals surface area (Å²) < 4.78 is 15.8. The van der Waals surface area contributed by atoms with Gasteiger partial charge in [-0.2, -0.15) is 0 Å². The van der Waals surface area contributed by atoms with Crippen molar-refractivity contribution in [1.29, 1.82) is 0 Å². The molecule has 1 aromatic heterocycles. The first-order valence-corrected chi connectivity index (χ1v) is 9.10. The highest BCUT2D eigenvalue weighted by Crippen LogP contribution is 2.41. The van der Waals surface area contributed by atoms with Crippen molar-refractivity contribution >= 4 is 39.1 Å². The Balaban J connectivity index is 1.57. The summed E-state index contributed by atoms with van der Waals surface area (Å²) in [7, 11) is 0. The second-order valence-corrected chi connectivity index (χ2v) is 7.21. The molecule has 0 fully saturated rings. The maximum Gasteiger partial charge on any atom is 0.267 e. The van der Waals surface area contributed by atoms with Crippen LogP contribution in [0.5, 0.6) is 11.5 Å². The van der Waals surface area contributed by atoms with E-state index in [1.165, 1.54) is 11.5 Å². The number of aromatic nitrogens is 1. The summed E-state index contributed by atoms with van der Waals surface area (Å²) in [6, 6.07) is 11.5. The highest BCUT2D eigenvalue weighted by Gasteiger charge is 2.17. The summed E-state index contributed by atoms with van der Waals surface area (Å²) in [5.74, 6) is 1.33. The quantitative estimate of drug-likeness (QED) is 0.661. The van der Waals surface area contributed by atoms with Crippen LogP contribution in [0.4, 0.5) is 5.69 Å². The summed E-state index contributed by atoms with van der Waals surface area (Å²) in [5.41, 5.74) is 3.62. The third kappa shape index (κ3) is 3.12. The van der Waals surface area contributed by atoms with E-state index in [2.05, 4.69) is 25.6 Å². The number of hydrogen-bond acceptors (Lipinski definition) is 5. The summed E-state index contributed by atoms with van der Waals surface area (Å²) in [6.07, 6.45) is 1.69. The van der Waals surface area contributed by atoms with E-state index in [9.17, 15) is 4.79 Å². The molecule has 0 radical (unpaired) electrons. The van der Waals surface area contributed by atoms with Gasteiger partial charge in [-0.25, -0.2) is 4.37 Å². The lowest BCUT2D eigenvalue weighted by Gasteiger charge is -2.09. The zero-order valence-corrected chi connectivity index (χ0v) is 15.6. The highest BCUT2D eigenvalue weighted by molar-refractivity contribution is 9.10. The van der Waals surface area contributed by atoms with E-state index >= 15 is 0 Å². The molecule has 0 aliphatic carbocycles. The van der Waals surface area contributed by atoms with E-state index in [4.69, 9.17) is 9.47 Å². The van der Waals surface area contributed by atoms with Gasteiger partial charge >= 0.3 is 0 Å². The number of halogens is 1. The van der Waals surface area contributed by atoms with Crippen LogP contribution in [0.2, 0.25) is 0 Å². The Hall–Kier alpha value is -2.38. The molecule has 2 heterocycles. The van der Waals surface area contributed by atoms with Gasteiger partial charge in [0.05, 0.1) is 0 Å². The van der Waals surface area contributed by atoms with Gasteiger partial charge in [0.15, 0.2) is 11.5 Å². The Kier molecular flexibility index (Phi) is 4.19. The zero-order chi connectivity index (χ0) is 17.4. The van der Waals surface area contributed by atoms with Gasteiger partial charge in [-0.1, -0.05) is 28.1 Å². The van der Waals surface area contributed by atoms with E-state index < -0.39 is 0 Å². The van der Waals surface area contributed by atoms with E-state index in [1.54, 1.807) is 6.20 Å². The molecule has 3 aromatic rings. The fourth-order valence-corrected chi connectivity index (χ4v) is 3.77. The van der Waals surface area contributed by atoms with Gasteiger partial charge in [0.25, 0.3) is 5.91 Å². The normalized spacial score (nSPS) is 12.2. The Bertz CT molecular complexity index is 953. The van der Waals surface area contributed by atoms with Crippen molar-refractivity contribution in [2.45, 2.75) is 6.92 Å². The highest BCUT2D eigenvalue weighted by atomic mass is 79.9. The van der Waals surface area contributed by atoms with Crippen molar-refractivity contribution in [1.82, 2.24) is 4.37 Å². The molecule has 0 bridgehead atoms. The first-order valence-electron chi connectivity index (χ1n) is 7.54. The van der Waals surface area contributed by atoms with Crippen molar-refractivity contribution in [2.24, 2.45) is 0 Å². The largest absolute Gasteiger partial charge is 0.454 e. The number of amides is 1. The lowest BCUT2D eigenvalue weighted by atomic mass is 10.0. The molecule has 1 aliphatic heterocycles. The lowest BCUT2D eigenvalue weighted by molar-refractivity contribution is 0.103. The number of ether oxygens (including phenoxy) is 2. The fourth-order valence-electron chi connectivity index (χ4n) is 2.57. The minimum Gasteiger partial charge on any atom is -0.454 e. The topological polar surface area (TPSA) is 60.5 Å². The molecule has 7 heteroatoms. The minimum absolute atomic E-state index is 0.142. The molecule has 0 spiro atoms. The van der Waals surface area contributed by atoms with Crippen molar-refractivity contribution in [3.05, 3.63) is 57.5 Å². The molecule has 0 atom stereocenters. The predicted octanol–water partition coefficient (Wildman–Crippen LogP) is 4.86. The average Bonchev–Trinajstić information content (AvgIpc) is 3.23. The number of aryl methyl sites for hydroxylation is 1. The van der Waals surface area contributed by atoms with Crippen molar-refractivity contribution < 1.29 is 14.3 Å². The Morgan fingerprint density at radius 3 is 2.60 bits per heavy atom. The number of rotatable bonds is 3. The molecule has 4 rings (SSSR count). The molecule has 5 nitrogen and oxygen atoms in total. The maximum atomic E-state index is 12.3. The van der Waals surface area contributed by atoms with Gasteiger partial charge in [0.1, 0.15) is 4.88 Å². The smallest absolute Gasteiger partial charge is 0.267 e. The van der Waals surface area contributed by atoms with E-state index in [0.29, 0.717) is 4.88 Å². The first kappa shape index (κ1) is 16.1. The lowest BCUT2D eigenvalue weighted by Crippen LogP contribution is -2.11. The summed E-state index contributed by atoms with van der Waals surface area (Å²) in [4.78, 5) is 12.9. The zero-order valence-electron chi connectivity index (χ0n) is 13.2. The third-order valence-corrected chi connectivity index (χ3v) is 5.43. The van der Waals surface area contributed by atoms with Gasteiger partial charge in [0.2, 0.25) is 6.79 Å². The Morgan fingerprint density at radius 2 is 1.92 bits per heavy atom. The number of hydrogen-bond donors (Lipinski definition) is 1. The van der Waals surface area contributed by atoms with Gasteiger partial charge in [-0.05, 0) is 59.4 Å². The standard InChI is InChI=1S/C18H13BrN2O3S/c1-10-8-20-25-17(10)18(22)21-12-4-2-11(3-5-12)13-6-15-16(7-14(13)19)24-9-23-15/h2-8H,9H2,1H3,(H,21,22). The van der Waals surface area contributed by atoms with Gasteiger partial charge < -0.3 is 14.8 Å². The van der Waals surface area contributed by atoms with Crippen LogP contribution in [-0.4, -0.2) is 17.1 Å². The Labute approximate surface area is 156 Å². The van der Waals surface area contributed by atoms with Crippen LogP contribution < -0.4 is 14.8 Å². The molecule has 0 unspecified atom stereocenters. The van der Waals surface area contributed by atoms with Gasteiger partial charge in [-0.3, -0.25) is 4.79 Å². The fraction of sp³-hybridized carbons (Fsp3) is 0.111. The van der Waals surface area contributed by atoms with E-state index in [-0.39, 0.29) is 12.7 Å². The van der Waals surface area contributed by atoms with Gasteiger partial charge in [-0.15, -0.1) is 0 Å². The van der Waals surface area contributed by atoms with Crippen LogP contribution in [0.3, 0.4) is 0 Å². The van der Waals surface area contributed by atoms with Crippen molar-refractivity contribution in [3.63, 3.8) is 0 Å². The van der Waals surface area contributed by atoms with E-state index in [0.717, 1.165) is 38.3 Å². The number of fused-ring (bicyclic) bond motifs is 1. The molecule has 1 amide bonds. The number of benzene rings is 2. The van der Waals surface area contributed by atoms with Crippen LogP contribution in [0.15, 0.2) is 47.1 Å². The Morgan fingerprint density at radius 1 is 1.20 bits per heavy atom. The number of nitrogens with zero attached hydrogens (tertiary/aromatic N) is 1. The number of carbonyl (C=O) groups is 1. The molecule has 25 heavy (non-hydrogen) atoms. The molecule has 2 aromatic carbocycles.